The van der Waals surface area contributed by atoms with Crippen molar-refractivity contribution in [2.45, 2.75) is 12.8 Å². The average molecular weight is 439 g/mol. The summed E-state index contributed by atoms with van der Waals surface area (Å²) in [6.07, 6.45) is 0.719. The third-order valence-corrected chi connectivity index (χ3v) is 5.76. The van der Waals surface area contributed by atoms with Crippen LogP contribution in [0.1, 0.15) is 22.3 Å². The SMILES string of the molecule is COc1ccc(CCC(=O)N2CCN(C(=O)c3cccc(Cl)c3Cl)CC2)cc1F. The zero-order chi connectivity index (χ0) is 21.0. The Hall–Kier alpha value is -2.31. The number of methoxy groups -OCH3 is 1. The highest BCUT2D eigenvalue weighted by Crippen LogP contribution is 2.27. The molecule has 0 bridgehead atoms. The number of hydrogen-bond donors (Lipinski definition) is 0. The van der Waals surface area contributed by atoms with Crippen molar-refractivity contribution in [2.24, 2.45) is 0 Å². The molecule has 8 heteroatoms. The van der Waals surface area contributed by atoms with Crippen LogP contribution in [0.15, 0.2) is 36.4 Å². The summed E-state index contributed by atoms with van der Waals surface area (Å²) in [4.78, 5) is 28.6. The summed E-state index contributed by atoms with van der Waals surface area (Å²) >= 11 is 12.1. The highest BCUT2D eigenvalue weighted by atomic mass is 35.5. The predicted octanol–water partition coefficient (Wildman–Crippen LogP) is 4.06. The van der Waals surface area contributed by atoms with Crippen LogP contribution in [0.4, 0.5) is 4.39 Å². The van der Waals surface area contributed by atoms with Crippen LogP contribution in [0, 0.1) is 5.82 Å². The van der Waals surface area contributed by atoms with Crippen molar-refractivity contribution in [3.8, 4) is 5.75 Å². The van der Waals surface area contributed by atoms with Crippen molar-refractivity contribution in [1.29, 1.82) is 0 Å². The second kappa shape index (κ2) is 9.46. The van der Waals surface area contributed by atoms with Crippen LogP contribution >= 0.6 is 23.2 Å². The van der Waals surface area contributed by atoms with Gasteiger partial charge in [-0.25, -0.2) is 4.39 Å². The van der Waals surface area contributed by atoms with Crippen molar-refractivity contribution in [2.75, 3.05) is 33.3 Å². The van der Waals surface area contributed by atoms with E-state index >= 15 is 0 Å². The summed E-state index contributed by atoms with van der Waals surface area (Å²) < 4.78 is 18.7. The highest BCUT2D eigenvalue weighted by molar-refractivity contribution is 6.43. The summed E-state index contributed by atoms with van der Waals surface area (Å²) in [7, 11) is 1.41. The van der Waals surface area contributed by atoms with Crippen LogP contribution in [-0.2, 0) is 11.2 Å². The lowest BCUT2D eigenvalue weighted by Gasteiger charge is -2.35. The van der Waals surface area contributed by atoms with Crippen LogP contribution in [0.5, 0.6) is 5.75 Å². The van der Waals surface area contributed by atoms with Gasteiger partial charge in [-0.3, -0.25) is 9.59 Å². The van der Waals surface area contributed by atoms with Gasteiger partial charge in [0.25, 0.3) is 5.91 Å². The van der Waals surface area contributed by atoms with Gasteiger partial charge >= 0.3 is 0 Å². The first-order valence-electron chi connectivity index (χ1n) is 9.24. The molecule has 1 saturated heterocycles. The summed E-state index contributed by atoms with van der Waals surface area (Å²) in [5, 5.41) is 0.575. The minimum Gasteiger partial charge on any atom is -0.494 e. The van der Waals surface area contributed by atoms with E-state index < -0.39 is 5.82 Å². The maximum atomic E-state index is 13.8. The lowest BCUT2D eigenvalue weighted by atomic mass is 10.1. The molecule has 0 atom stereocenters. The number of carbonyl (C=O) groups is 2. The highest BCUT2D eigenvalue weighted by Gasteiger charge is 2.26. The quantitative estimate of drug-likeness (QED) is 0.706. The number of piperazine rings is 1. The fourth-order valence-corrected chi connectivity index (χ4v) is 3.65. The minimum atomic E-state index is -0.441. The van der Waals surface area contributed by atoms with Gasteiger partial charge in [0.1, 0.15) is 0 Å². The third-order valence-electron chi connectivity index (χ3n) is 4.95. The number of aryl methyl sites for hydroxylation is 1. The van der Waals surface area contributed by atoms with Crippen molar-refractivity contribution >= 4 is 35.0 Å². The first-order valence-corrected chi connectivity index (χ1v) is 9.99. The van der Waals surface area contributed by atoms with Gasteiger partial charge in [-0.15, -0.1) is 0 Å². The van der Waals surface area contributed by atoms with Gasteiger partial charge in [0.2, 0.25) is 5.91 Å². The van der Waals surface area contributed by atoms with E-state index in [1.165, 1.54) is 13.2 Å². The summed E-state index contributed by atoms with van der Waals surface area (Å²) in [6.45, 7) is 1.73. The fraction of sp³-hybridized carbons (Fsp3) is 0.333. The Morgan fingerprint density at radius 2 is 1.76 bits per heavy atom. The predicted molar refractivity (Wildman–Crippen MR) is 110 cm³/mol. The van der Waals surface area contributed by atoms with Crippen LogP contribution in [0.25, 0.3) is 0 Å². The van der Waals surface area contributed by atoms with Crippen LogP contribution in [0.2, 0.25) is 10.0 Å². The Bertz CT molecular complexity index is 915. The second-order valence-electron chi connectivity index (χ2n) is 6.74. The molecule has 3 rings (SSSR count). The molecule has 1 aliphatic heterocycles. The normalized spacial score (nSPS) is 14.1. The Balaban J connectivity index is 1.52. The van der Waals surface area contributed by atoms with Crippen LogP contribution in [0.3, 0.4) is 0 Å². The number of nitrogens with zero attached hydrogens (tertiary/aromatic N) is 2. The summed E-state index contributed by atoms with van der Waals surface area (Å²) in [5.74, 6) is -0.475. The van der Waals surface area contributed by atoms with E-state index in [0.717, 1.165) is 5.56 Å². The third kappa shape index (κ3) is 5.00. The smallest absolute Gasteiger partial charge is 0.255 e. The summed E-state index contributed by atoms with van der Waals surface area (Å²) in [5.41, 5.74) is 1.10. The molecule has 2 aromatic carbocycles. The van der Waals surface area contributed by atoms with Gasteiger partial charge in [0.15, 0.2) is 11.6 Å². The molecule has 0 aliphatic carbocycles. The molecule has 2 amide bonds. The van der Waals surface area contributed by atoms with Crippen molar-refractivity contribution in [1.82, 2.24) is 9.80 Å². The van der Waals surface area contributed by atoms with Crippen molar-refractivity contribution < 1.29 is 18.7 Å². The lowest BCUT2D eigenvalue weighted by molar-refractivity contribution is -0.132. The number of rotatable bonds is 5. The maximum Gasteiger partial charge on any atom is 0.255 e. The Labute approximate surface area is 178 Å². The topological polar surface area (TPSA) is 49.9 Å². The summed E-state index contributed by atoms with van der Waals surface area (Å²) in [6, 6.07) is 9.65. The van der Waals surface area contributed by atoms with E-state index in [1.54, 1.807) is 40.1 Å². The molecule has 1 aliphatic rings. The molecular weight excluding hydrogens is 418 g/mol. The van der Waals surface area contributed by atoms with E-state index in [-0.39, 0.29) is 29.0 Å². The molecule has 154 valence electrons. The van der Waals surface area contributed by atoms with Gasteiger partial charge < -0.3 is 14.5 Å². The van der Waals surface area contributed by atoms with Crippen LogP contribution < -0.4 is 4.74 Å². The Morgan fingerprint density at radius 3 is 2.41 bits per heavy atom. The van der Waals surface area contributed by atoms with E-state index in [0.29, 0.717) is 43.2 Å². The van der Waals surface area contributed by atoms with Gasteiger partial charge in [-0.1, -0.05) is 35.3 Å². The van der Waals surface area contributed by atoms with E-state index in [2.05, 4.69) is 0 Å². The molecule has 1 heterocycles. The zero-order valence-electron chi connectivity index (χ0n) is 16.0. The van der Waals surface area contributed by atoms with E-state index in [1.807, 2.05) is 0 Å². The van der Waals surface area contributed by atoms with Crippen molar-refractivity contribution in [3.05, 3.63) is 63.4 Å². The van der Waals surface area contributed by atoms with E-state index in [4.69, 9.17) is 27.9 Å². The molecule has 0 radical (unpaired) electrons. The Kier molecular flexibility index (Phi) is 6.98. The number of benzene rings is 2. The molecule has 5 nitrogen and oxygen atoms in total. The van der Waals surface area contributed by atoms with Gasteiger partial charge in [-0.05, 0) is 36.2 Å². The monoisotopic (exact) mass is 438 g/mol. The number of ether oxygens (including phenoxy) is 1. The van der Waals surface area contributed by atoms with Gasteiger partial charge in [-0.2, -0.15) is 0 Å². The maximum absolute atomic E-state index is 13.8. The first kappa shape index (κ1) is 21.4. The number of halogens is 3. The average Bonchev–Trinajstić information content (AvgIpc) is 2.73. The molecule has 1 fully saturated rings. The van der Waals surface area contributed by atoms with Gasteiger partial charge in [0.05, 0.1) is 22.7 Å². The molecule has 29 heavy (non-hydrogen) atoms. The largest absolute Gasteiger partial charge is 0.494 e. The molecule has 0 saturated carbocycles. The standard InChI is InChI=1S/C21H21Cl2FN2O3/c1-29-18-7-5-14(13-17(18)24)6-8-19(27)25-9-11-26(12-10-25)21(28)15-3-2-4-16(22)20(15)23/h2-5,7,13H,6,8-12H2,1H3. The molecule has 0 N–H and O–H groups in total. The Morgan fingerprint density at radius 1 is 1.07 bits per heavy atom. The fourth-order valence-electron chi connectivity index (χ4n) is 3.27. The first-order chi connectivity index (χ1) is 13.9. The van der Waals surface area contributed by atoms with Crippen molar-refractivity contribution in [3.63, 3.8) is 0 Å². The molecule has 0 unspecified atom stereocenters. The van der Waals surface area contributed by atoms with E-state index in [9.17, 15) is 14.0 Å². The number of amides is 2. The number of hydrogen-bond acceptors (Lipinski definition) is 3. The number of carbonyl (C=O) groups excluding carboxylic acids is 2. The van der Waals surface area contributed by atoms with Gasteiger partial charge in [0, 0.05) is 32.6 Å². The molecule has 2 aromatic rings. The van der Waals surface area contributed by atoms with Crippen LogP contribution in [-0.4, -0.2) is 54.9 Å². The zero-order valence-corrected chi connectivity index (χ0v) is 17.5. The minimum absolute atomic E-state index is 0.0193. The molecular formula is C21H21Cl2FN2O3. The molecule has 0 aromatic heterocycles. The molecule has 0 spiro atoms. The lowest BCUT2D eigenvalue weighted by Crippen LogP contribution is -2.50. The second-order valence-corrected chi connectivity index (χ2v) is 7.53.